The summed E-state index contributed by atoms with van der Waals surface area (Å²) in [4.78, 5) is 12.9. The summed E-state index contributed by atoms with van der Waals surface area (Å²) in [6, 6.07) is 6.75. The molecule has 0 spiro atoms. The number of benzene rings is 1. The first kappa shape index (κ1) is 19.7. The van der Waals surface area contributed by atoms with Gasteiger partial charge in [0.1, 0.15) is 5.82 Å². The minimum absolute atomic E-state index is 0.113. The first-order chi connectivity index (χ1) is 13.1. The number of rotatable bonds is 6. The molecule has 3 rings (SSSR count). The highest BCUT2D eigenvalue weighted by molar-refractivity contribution is 7.90. The molecule has 7 nitrogen and oxygen atoms in total. The maximum atomic E-state index is 13.1. The van der Waals surface area contributed by atoms with Crippen LogP contribution >= 0.6 is 0 Å². The number of carbonyl (C=O) groups excluding carboxylic acids is 1. The number of furan rings is 1. The van der Waals surface area contributed by atoms with Crippen LogP contribution in [0.2, 0.25) is 0 Å². The van der Waals surface area contributed by atoms with E-state index < -0.39 is 38.2 Å². The summed E-state index contributed by atoms with van der Waals surface area (Å²) in [6.45, 7) is 2.02. The number of nitrogens with zero attached hydrogens (tertiary/aromatic N) is 1. The molecule has 0 aliphatic carbocycles. The number of hydrogen-bond donors (Lipinski definition) is 2. The fourth-order valence-electron chi connectivity index (χ4n) is 2.80. The van der Waals surface area contributed by atoms with Gasteiger partial charge in [-0.15, -0.1) is 0 Å². The Balaban J connectivity index is 2.09. The number of hydrogen-bond acceptors (Lipinski definition) is 6. The Morgan fingerprint density at radius 1 is 1.21 bits per heavy atom. The lowest BCUT2D eigenvalue weighted by molar-refractivity contribution is 0.100. The van der Waals surface area contributed by atoms with Crippen molar-refractivity contribution in [1.82, 2.24) is 4.57 Å². The highest BCUT2D eigenvalue weighted by Crippen LogP contribution is 2.34. The van der Waals surface area contributed by atoms with Crippen molar-refractivity contribution in [3.8, 4) is 11.6 Å². The van der Waals surface area contributed by atoms with Crippen LogP contribution in [0.4, 0.5) is 4.39 Å². The molecular formula is C19H18FNO6S. The van der Waals surface area contributed by atoms with Gasteiger partial charge in [-0.1, -0.05) is 12.1 Å². The van der Waals surface area contributed by atoms with E-state index in [4.69, 9.17) is 4.42 Å². The fraction of sp³-hybridized carbons (Fsp3) is 0.211. The Bertz CT molecular complexity index is 1140. The average Bonchev–Trinajstić information content (AvgIpc) is 3.19. The molecule has 0 saturated heterocycles. The molecule has 0 bridgehead atoms. The van der Waals surface area contributed by atoms with Gasteiger partial charge in [-0.2, -0.15) is 0 Å². The predicted octanol–water partition coefficient (Wildman–Crippen LogP) is 2.88. The molecule has 0 unspecified atom stereocenters. The van der Waals surface area contributed by atoms with Gasteiger partial charge in [0.15, 0.2) is 11.5 Å². The highest BCUT2D eigenvalue weighted by Gasteiger charge is 2.28. The third-order valence-electron chi connectivity index (χ3n) is 4.28. The van der Waals surface area contributed by atoms with Crippen LogP contribution in [0, 0.1) is 5.82 Å². The zero-order valence-electron chi connectivity index (χ0n) is 15.1. The van der Waals surface area contributed by atoms with E-state index in [1.54, 1.807) is 6.92 Å². The van der Waals surface area contributed by atoms with Crippen molar-refractivity contribution in [3.05, 3.63) is 64.8 Å². The summed E-state index contributed by atoms with van der Waals surface area (Å²) < 4.78 is 43.5. The van der Waals surface area contributed by atoms with Crippen LogP contribution in [-0.2, 0) is 22.8 Å². The average molecular weight is 407 g/mol. The zero-order valence-corrected chi connectivity index (χ0v) is 16.0. The van der Waals surface area contributed by atoms with Gasteiger partial charge in [-0.05, 0) is 24.6 Å². The van der Waals surface area contributed by atoms with E-state index >= 15 is 0 Å². The summed E-state index contributed by atoms with van der Waals surface area (Å²) in [6.07, 6.45) is 2.32. The number of ketones is 1. The highest BCUT2D eigenvalue weighted by atomic mass is 32.2. The number of halogens is 1. The largest absolute Gasteiger partial charge is 0.503 e. The summed E-state index contributed by atoms with van der Waals surface area (Å²) in [7, 11) is -3.73. The molecule has 0 fully saturated rings. The van der Waals surface area contributed by atoms with Crippen LogP contribution < -0.4 is 0 Å². The van der Waals surface area contributed by atoms with Gasteiger partial charge in [0.2, 0.25) is 26.6 Å². The zero-order chi connectivity index (χ0) is 20.6. The van der Waals surface area contributed by atoms with E-state index in [0.29, 0.717) is 12.1 Å². The van der Waals surface area contributed by atoms with Gasteiger partial charge in [0, 0.05) is 37.0 Å². The molecule has 0 saturated carbocycles. The maximum Gasteiger partial charge on any atom is 0.235 e. The standard InChI is InChI=1S/C19H18FNO6S/c1-3-21-10-14(17(23)19(21)24)16(22)18-12(9-15(27-18)28(2,25)26)8-11-4-6-13(20)7-5-11/h4-7,9-10,23-24H,3,8H2,1-2H3. The Kier molecular flexibility index (Phi) is 5.03. The fourth-order valence-corrected chi connectivity index (χ4v) is 3.39. The number of aryl methyl sites for hydroxylation is 1. The van der Waals surface area contributed by atoms with Gasteiger partial charge >= 0.3 is 0 Å². The summed E-state index contributed by atoms with van der Waals surface area (Å²) in [5, 5.41) is 19.5. The molecule has 148 valence electrons. The molecule has 0 aliphatic rings. The van der Waals surface area contributed by atoms with Gasteiger partial charge in [0.25, 0.3) is 0 Å². The Labute approximate surface area is 160 Å². The Hall–Kier alpha value is -3.07. The molecule has 9 heteroatoms. The Morgan fingerprint density at radius 2 is 1.86 bits per heavy atom. The normalized spacial score (nSPS) is 11.7. The van der Waals surface area contributed by atoms with Crippen LogP contribution in [0.15, 0.2) is 46.0 Å². The maximum absolute atomic E-state index is 13.1. The number of sulfone groups is 1. The van der Waals surface area contributed by atoms with Crippen LogP contribution in [0.1, 0.15) is 34.2 Å². The lowest BCUT2D eigenvalue weighted by Crippen LogP contribution is -2.03. The van der Waals surface area contributed by atoms with Crippen molar-refractivity contribution < 1.29 is 32.2 Å². The molecule has 0 atom stereocenters. The molecule has 2 heterocycles. The number of carbonyl (C=O) groups is 1. The Morgan fingerprint density at radius 3 is 2.39 bits per heavy atom. The molecule has 3 aromatic rings. The predicted molar refractivity (Wildman–Crippen MR) is 97.9 cm³/mol. The quantitative estimate of drug-likeness (QED) is 0.608. The first-order valence-electron chi connectivity index (χ1n) is 8.34. The van der Waals surface area contributed by atoms with E-state index in [0.717, 1.165) is 6.26 Å². The molecule has 2 aromatic heterocycles. The van der Waals surface area contributed by atoms with Crippen molar-refractivity contribution in [2.24, 2.45) is 0 Å². The third-order valence-corrected chi connectivity index (χ3v) is 5.21. The van der Waals surface area contributed by atoms with Gasteiger partial charge in [0.05, 0.1) is 5.56 Å². The van der Waals surface area contributed by atoms with Crippen molar-refractivity contribution >= 4 is 15.6 Å². The molecule has 0 radical (unpaired) electrons. The number of aromatic nitrogens is 1. The second-order valence-electron chi connectivity index (χ2n) is 6.33. The van der Waals surface area contributed by atoms with Crippen LogP contribution in [0.3, 0.4) is 0 Å². The first-order valence-corrected chi connectivity index (χ1v) is 10.2. The number of aromatic hydroxyl groups is 2. The van der Waals surface area contributed by atoms with Crippen molar-refractivity contribution in [3.63, 3.8) is 0 Å². The molecule has 0 aliphatic heterocycles. The van der Waals surface area contributed by atoms with Gasteiger partial charge < -0.3 is 19.2 Å². The second-order valence-corrected chi connectivity index (χ2v) is 8.27. The monoisotopic (exact) mass is 407 g/mol. The minimum Gasteiger partial charge on any atom is -0.503 e. The lowest BCUT2D eigenvalue weighted by atomic mass is 10.0. The summed E-state index contributed by atoms with van der Waals surface area (Å²) >= 11 is 0. The van der Waals surface area contributed by atoms with E-state index in [9.17, 15) is 27.8 Å². The minimum atomic E-state index is -3.73. The van der Waals surface area contributed by atoms with E-state index in [1.807, 2.05) is 0 Å². The lowest BCUT2D eigenvalue weighted by Gasteiger charge is -2.02. The van der Waals surface area contributed by atoms with E-state index in [1.165, 1.54) is 41.1 Å². The van der Waals surface area contributed by atoms with Gasteiger partial charge in [-0.25, -0.2) is 12.8 Å². The van der Waals surface area contributed by atoms with E-state index in [2.05, 4.69) is 0 Å². The van der Waals surface area contributed by atoms with E-state index in [-0.39, 0.29) is 23.3 Å². The molecule has 28 heavy (non-hydrogen) atoms. The van der Waals surface area contributed by atoms with Crippen molar-refractivity contribution in [1.29, 1.82) is 0 Å². The summed E-state index contributed by atoms with van der Waals surface area (Å²) in [5.41, 5.74) is 0.684. The SMILES string of the molecule is CCn1cc(C(=O)c2oc(S(C)(=O)=O)cc2Cc2ccc(F)cc2)c(O)c1O. The second kappa shape index (κ2) is 7.16. The van der Waals surface area contributed by atoms with Crippen molar-refractivity contribution in [2.75, 3.05) is 6.26 Å². The van der Waals surface area contributed by atoms with Crippen LogP contribution in [0.5, 0.6) is 11.6 Å². The molecule has 1 aromatic carbocycles. The molecule has 0 amide bonds. The third kappa shape index (κ3) is 3.65. The van der Waals surface area contributed by atoms with Gasteiger partial charge in [-0.3, -0.25) is 4.79 Å². The molecule has 2 N–H and O–H groups in total. The summed E-state index contributed by atoms with van der Waals surface area (Å²) in [5.74, 6) is -2.55. The topological polar surface area (TPSA) is 110 Å². The van der Waals surface area contributed by atoms with Crippen molar-refractivity contribution in [2.45, 2.75) is 25.0 Å². The van der Waals surface area contributed by atoms with Crippen LogP contribution in [0.25, 0.3) is 0 Å². The van der Waals surface area contributed by atoms with Crippen LogP contribution in [-0.4, -0.2) is 35.2 Å². The smallest absolute Gasteiger partial charge is 0.235 e. The molecular weight excluding hydrogens is 389 g/mol.